The van der Waals surface area contributed by atoms with Gasteiger partial charge in [-0.1, -0.05) is 27.7 Å². The average Bonchev–Trinajstić information content (AvgIpc) is 3.07. The lowest BCUT2D eigenvalue weighted by Gasteiger charge is -2.09. The van der Waals surface area contributed by atoms with Crippen molar-refractivity contribution in [2.24, 2.45) is 0 Å². The number of hydrogen-bond donors (Lipinski definition) is 1. The van der Waals surface area contributed by atoms with E-state index in [0.29, 0.717) is 16.9 Å². The highest BCUT2D eigenvalue weighted by atomic mass is 79.9. The number of aromatic nitrogens is 5. The SMILES string of the molecule is COc1ccc(Br)cc1CSc1nnc(-n2nc(C)cc2C)n1N. The van der Waals surface area contributed by atoms with Gasteiger partial charge in [-0.15, -0.1) is 10.2 Å². The van der Waals surface area contributed by atoms with Crippen LogP contribution in [0.3, 0.4) is 0 Å². The second-order valence-corrected chi connectivity index (χ2v) is 7.09. The highest BCUT2D eigenvalue weighted by Crippen LogP contribution is 2.29. The fourth-order valence-electron chi connectivity index (χ4n) is 2.35. The molecule has 0 atom stereocenters. The molecule has 0 aliphatic carbocycles. The van der Waals surface area contributed by atoms with Gasteiger partial charge in [0.2, 0.25) is 5.16 Å². The third kappa shape index (κ3) is 3.27. The fraction of sp³-hybridized carbons (Fsp3) is 0.267. The van der Waals surface area contributed by atoms with Gasteiger partial charge in [0.05, 0.1) is 12.8 Å². The molecular weight excluding hydrogens is 392 g/mol. The maximum atomic E-state index is 6.15. The number of hydrogen-bond acceptors (Lipinski definition) is 6. The van der Waals surface area contributed by atoms with Crippen LogP contribution >= 0.6 is 27.7 Å². The number of aryl methyl sites for hydroxylation is 2. The maximum Gasteiger partial charge on any atom is 0.271 e. The Morgan fingerprint density at radius 3 is 2.71 bits per heavy atom. The average molecular weight is 409 g/mol. The zero-order valence-corrected chi connectivity index (χ0v) is 15.9. The first-order chi connectivity index (χ1) is 11.5. The molecular formula is C15H17BrN6OS. The Kier molecular flexibility index (Phi) is 4.81. The maximum absolute atomic E-state index is 6.15. The summed E-state index contributed by atoms with van der Waals surface area (Å²) >= 11 is 4.97. The van der Waals surface area contributed by atoms with Gasteiger partial charge >= 0.3 is 0 Å². The quantitative estimate of drug-likeness (QED) is 0.516. The molecule has 0 spiro atoms. The minimum atomic E-state index is 0.490. The molecule has 0 radical (unpaired) electrons. The highest BCUT2D eigenvalue weighted by Gasteiger charge is 2.15. The van der Waals surface area contributed by atoms with E-state index in [0.717, 1.165) is 27.2 Å². The molecule has 2 N–H and O–H groups in total. The van der Waals surface area contributed by atoms with Crippen LogP contribution in [0.15, 0.2) is 33.9 Å². The van der Waals surface area contributed by atoms with Crippen LogP contribution in [0, 0.1) is 13.8 Å². The smallest absolute Gasteiger partial charge is 0.271 e. The summed E-state index contributed by atoms with van der Waals surface area (Å²) in [5, 5.41) is 13.3. The molecule has 9 heteroatoms. The molecule has 0 aliphatic rings. The van der Waals surface area contributed by atoms with Crippen molar-refractivity contribution in [1.82, 2.24) is 24.7 Å². The van der Waals surface area contributed by atoms with Crippen molar-refractivity contribution < 1.29 is 4.74 Å². The number of thioether (sulfide) groups is 1. The van der Waals surface area contributed by atoms with Crippen LogP contribution in [-0.2, 0) is 5.75 Å². The summed E-state index contributed by atoms with van der Waals surface area (Å²) in [6.07, 6.45) is 0. The molecule has 0 fully saturated rings. The fourth-order valence-corrected chi connectivity index (χ4v) is 3.58. The first kappa shape index (κ1) is 16.8. The molecule has 0 saturated carbocycles. The van der Waals surface area contributed by atoms with E-state index in [1.165, 1.54) is 16.4 Å². The lowest BCUT2D eigenvalue weighted by molar-refractivity contribution is 0.411. The van der Waals surface area contributed by atoms with Crippen molar-refractivity contribution in [1.29, 1.82) is 0 Å². The minimum absolute atomic E-state index is 0.490. The molecule has 7 nitrogen and oxygen atoms in total. The molecule has 0 saturated heterocycles. The second kappa shape index (κ2) is 6.86. The summed E-state index contributed by atoms with van der Waals surface area (Å²) in [7, 11) is 1.66. The molecule has 2 heterocycles. The number of halogens is 1. The van der Waals surface area contributed by atoms with Gasteiger partial charge in [0.1, 0.15) is 5.75 Å². The van der Waals surface area contributed by atoms with Crippen molar-refractivity contribution in [2.75, 3.05) is 13.0 Å². The summed E-state index contributed by atoms with van der Waals surface area (Å²) in [4.78, 5) is 0. The van der Waals surface area contributed by atoms with Gasteiger partial charge in [-0.05, 0) is 38.1 Å². The number of nitrogens with zero attached hydrogens (tertiary/aromatic N) is 5. The predicted octanol–water partition coefficient (Wildman–Crippen LogP) is 2.86. The van der Waals surface area contributed by atoms with Gasteiger partial charge in [-0.25, -0.2) is 9.36 Å². The van der Waals surface area contributed by atoms with Crippen molar-refractivity contribution in [3.8, 4) is 11.7 Å². The molecule has 3 aromatic rings. The van der Waals surface area contributed by atoms with Crippen molar-refractivity contribution >= 4 is 27.7 Å². The summed E-state index contributed by atoms with van der Waals surface area (Å²) in [6, 6.07) is 7.85. The highest BCUT2D eigenvalue weighted by molar-refractivity contribution is 9.10. The van der Waals surface area contributed by atoms with E-state index in [9.17, 15) is 0 Å². The van der Waals surface area contributed by atoms with Crippen LogP contribution in [0.5, 0.6) is 5.75 Å². The van der Waals surface area contributed by atoms with Gasteiger partial charge in [0, 0.05) is 21.5 Å². The lowest BCUT2D eigenvalue weighted by Crippen LogP contribution is -2.17. The van der Waals surface area contributed by atoms with E-state index in [1.807, 2.05) is 38.1 Å². The number of rotatable bonds is 5. The van der Waals surface area contributed by atoms with Crippen LogP contribution in [0.1, 0.15) is 17.0 Å². The standard InChI is InChI=1S/C15H17BrN6OS/c1-9-6-10(2)22(20-9)14-18-19-15(21(14)17)24-8-11-7-12(16)4-5-13(11)23-3/h4-7H,8,17H2,1-3H3. The summed E-state index contributed by atoms with van der Waals surface area (Å²) < 4.78 is 9.53. The predicted molar refractivity (Wildman–Crippen MR) is 97.0 cm³/mol. The van der Waals surface area contributed by atoms with E-state index < -0.39 is 0 Å². The van der Waals surface area contributed by atoms with E-state index in [2.05, 4.69) is 31.2 Å². The van der Waals surface area contributed by atoms with Crippen LogP contribution < -0.4 is 10.6 Å². The Balaban J connectivity index is 1.83. The molecule has 2 aromatic heterocycles. The monoisotopic (exact) mass is 408 g/mol. The lowest BCUT2D eigenvalue weighted by atomic mass is 10.2. The van der Waals surface area contributed by atoms with Crippen molar-refractivity contribution in [2.45, 2.75) is 24.8 Å². The first-order valence-electron chi connectivity index (χ1n) is 7.19. The number of nitrogen functional groups attached to an aromatic ring is 1. The van der Waals surface area contributed by atoms with Crippen molar-refractivity contribution in [3.63, 3.8) is 0 Å². The molecule has 0 aliphatic heterocycles. The molecule has 0 amide bonds. The van der Waals surface area contributed by atoms with Gasteiger partial charge in [-0.2, -0.15) is 5.10 Å². The van der Waals surface area contributed by atoms with Crippen LogP contribution in [0.2, 0.25) is 0 Å². The number of nitrogens with two attached hydrogens (primary N) is 1. The molecule has 3 rings (SSSR count). The van der Waals surface area contributed by atoms with Gasteiger partial charge in [-0.3, -0.25) is 0 Å². The normalized spacial score (nSPS) is 11.0. The molecule has 24 heavy (non-hydrogen) atoms. The van der Waals surface area contributed by atoms with Crippen LogP contribution in [-0.4, -0.2) is 31.8 Å². The topological polar surface area (TPSA) is 83.8 Å². The van der Waals surface area contributed by atoms with Gasteiger partial charge in [0.15, 0.2) is 0 Å². The first-order valence-corrected chi connectivity index (χ1v) is 8.97. The molecule has 126 valence electrons. The van der Waals surface area contributed by atoms with Crippen LogP contribution in [0.4, 0.5) is 0 Å². The Labute approximate surface area is 152 Å². The molecule has 0 unspecified atom stereocenters. The minimum Gasteiger partial charge on any atom is -0.496 e. The van der Waals surface area contributed by atoms with E-state index >= 15 is 0 Å². The Morgan fingerprint density at radius 1 is 1.25 bits per heavy atom. The van der Waals surface area contributed by atoms with Crippen LogP contribution in [0.25, 0.3) is 5.95 Å². The van der Waals surface area contributed by atoms with Gasteiger partial charge in [0.25, 0.3) is 5.95 Å². The summed E-state index contributed by atoms with van der Waals surface area (Å²) in [5.74, 6) is 8.13. The zero-order chi connectivity index (χ0) is 17.3. The molecule has 0 bridgehead atoms. The number of ether oxygens (including phenoxy) is 1. The zero-order valence-electron chi connectivity index (χ0n) is 13.5. The summed E-state index contributed by atoms with van der Waals surface area (Å²) in [6.45, 7) is 3.88. The Hall–Kier alpha value is -2.00. The van der Waals surface area contributed by atoms with E-state index in [-0.39, 0.29) is 0 Å². The van der Waals surface area contributed by atoms with Crippen molar-refractivity contribution in [3.05, 3.63) is 45.7 Å². The van der Waals surface area contributed by atoms with Gasteiger partial charge < -0.3 is 10.6 Å². The number of benzene rings is 1. The number of methoxy groups -OCH3 is 1. The largest absolute Gasteiger partial charge is 0.496 e. The molecule has 1 aromatic carbocycles. The third-order valence-corrected chi connectivity index (χ3v) is 4.93. The Bertz CT molecular complexity index is 875. The van der Waals surface area contributed by atoms with E-state index in [1.54, 1.807) is 11.8 Å². The second-order valence-electron chi connectivity index (χ2n) is 5.24. The summed E-state index contributed by atoms with van der Waals surface area (Å²) in [5.41, 5.74) is 2.91. The third-order valence-electron chi connectivity index (χ3n) is 3.44. The van der Waals surface area contributed by atoms with E-state index in [4.69, 9.17) is 10.6 Å². The Morgan fingerprint density at radius 2 is 2.04 bits per heavy atom.